The van der Waals surface area contributed by atoms with Crippen molar-refractivity contribution in [3.63, 3.8) is 0 Å². The lowest BCUT2D eigenvalue weighted by Gasteiger charge is -2.30. The van der Waals surface area contributed by atoms with Crippen molar-refractivity contribution in [3.05, 3.63) is 48.3 Å². The first-order valence-electron chi connectivity index (χ1n) is 7.44. The van der Waals surface area contributed by atoms with Crippen molar-refractivity contribution in [1.82, 2.24) is 9.88 Å². The molecule has 0 saturated carbocycles. The zero-order valence-corrected chi connectivity index (χ0v) is 12.9. The summed E-state index contributed by atoms with van der Waals surface area (Å²) in [5.74, 6) is -2.51. The third-order valence-electron chi connectivity index (χ3n) is 4.14. The van der Waals surface area contributed by atoms with Crippen LogP contribution in [0.5, 0.6) is 0 Å². The lowest BCUT2D eigenvalue weighted by Crippen LogP contribution is -2.34. The molecule has 2 bridgehead atoms. The van der Waals surface area contributed by atoms with Gasteiger partial charge in [0.1, 0.15) is 0 Å². The number of fused-ring (bicyclic) bond motifs is 2. The van der Waals surface area contributed by atoms with Gasteiger partial charge in [0.15, 0.2) is 0 Å². The summed E-state index contributed by atoms with van der Waals surface area (Å²) in [6, 6.07) is 5.62. The highest BCUT2D eigenvalue weighted by Crippen LogP contribution is 2.36. The van der Waals surface area contributed by atoms with Gasteiger partial charge in [0, 0.05) is 36.6 Å². The number of nitrogens with zero attached hydrogens (tertiary/aromatic N) is 2. The Hall–Kier alpha value is -2.47. The Bertz CT molecular complexity index is 609. The standard InChI is InChI=1S/C13H16N2.C4H4O4/c1-15-12-4-5-13(15)8-11(7-12)10-3-2-6-14-9-10;5-3(6)1-2-4(7)8/h2-3,6-7,9,12-13H,4-5,8H2,1H3;1-2H,(H,5,6)(H,7,8)/b;2-1+. The van der Waals surface area contributed by atoms with Crippen molar-refractivity contribution in [3.8, 4) is 0 Å². The van der Waals surface area contributed by atoms with E-state index in [4.69, 9.17) is 10.2 Å². The molecule has 0 aliphatic carbocycles. The summed E-state index contributed by atoms with van der Waals surface area (Å²) in [6.45, 7) is 0. The third kappa shape index (κ3) is 4.75. The van der Waals surface area contributed by atoms with E-state index in [9.17, 15) is 9.59 Å². The fraction of sp³-hybridized carbons (Fsp3) is 0.353. The number of carboxylic acids is 2. The van der Waals surface area contributed by atoms with Gasteiger partial charge in [-0.1, -0.05) is 12.1 Å². The van der Waals surface area contributed by atoms with Crippen molar-refractivity contribution >= 4 is 17.5 Å². The van der Waals surface area contributed by atoms with Gasteiger partial charge in [-0.2, -0.15) is 0 Å². The lowest BCUT2D eigenvalue weighted by molar-refractivity contribution is -0.134. The Balaban J connectivity index is 0.000000207. The number of aromatic nitrogens is 1. The number of rotatable bonds is 3. The monoisotopic (exact) mass is 316 g/mol. The van der Waals surface area contributed by atoms with Gasteiger partial charge in [0.05, 0.1) is 0 Å². The summed E-state index contributed by atoms with van der Waals surface area (Å²) in [6.07, 6.45) is 11.2. The number of hydrogen-bond acceptors (Lipinski definition) is 4. The Morgan fingerprint density at radius 2 is 1.96 bits per heavy atom. The van der Waals surface area contributed by atoms with Gasteiger partial charge in [0.25, 0.3) is 0 Å². The summed E-state index contributed by atoms with van der Waals surface area (Å²) in [7, 11) is 2.25. The van der Waals surface area contributed by atoms with Crippen molar-refractivity contribution < 1.29 is 19.8 Å². The van der Waals surface area contributed by atoms with Gasteiger partial charge in [-0.05, 0) is 43.5 Å². The van der Waals surface area contributed by atoms with Gasteiger partial charge in [-0.25, -0.2) is 9.59 Å². The van der Waals surface area contributed by atoms with Crippen LogP contribution in [0, 0.1) is 0 Å². The summed E-state index contributed by atoms with van der Waals surface area (Å²) in [4.78, 5) is 25.8. The second kappa shape index (κ2) is 7.69. The molecule has 1 fully saturated rings. The quantitative estimate of drug-likeness (QED) is 0.829. The average Bonchev–Trinajstić information content (AvgIpc) is 2.76. The number of pyridine rings is 1. The van der Waals surface area contributed by atoms with E-state index in [-0.39, 0.29) is 0 Å². The Morgan fingerprint density at radius 3 is 2.48 bits per heavy atom. The molecular formula is C17H20N2O4. The van der Waals surface area contributed by atoms with E-state index in [0.717, 1.165) is 6.04 Å². The molecule has 122 valence electrons. The van der Waals surface area contributed by atoms with Crippen LogP contribution in [0.25, 0.3) is 5.57 Å². The van der Waals surface area contributed by atoms with E-state index in [1.165, 1.54) is 30.4 Å². The molecule has 0 aromatic carbocycles. The summed E-state index contributed by atoms with van der Waals surface area (Å²) in [5.41, 5.74) is 2.80. The fourth-order valence-corrected chi connectivity index (χ4v) is 2.95. The molecule has 2 unspecified atom stereocenters. The second-order valence-corrected chi connectivity index (χ2v) is 5.61. The van der Waals surface area contributed by atoms with Gasteiger partial charge in [-0.15, -0.1) is 0 Å². The molecule has 0 amide bonds. The molecule has 2 aliphatic rings. The van der Waals surface area contributed by atoms with E-state index in [1.54, 1.807) is 0 Å². The van der Waals surface area contributed by atoms with Gasteiger partial charge >= 0.3 is 11.9 Å². The highest BCUT2D eigenvalue weighted by atomic mass is 16.4. The first kappa shape index (κ1) is 16.9. The van der Waals surface area contributed by atoms with E-state index in [2.05, 4.69) is 29.1 Å². The van der Waals surface area contributed by atoms with Gasteiger partial charge in [-0.3, -0.25) is 9.88 Å². The summed E-state index contributed by atoms with van der Waals surface area (Å²) >= 11 is 0. The fourth-order valence-electron chi connectivity index (χ4n) is 2.95. The van der Waals surface area contributed by atoms with Gasteiger partial charge < -0.3 is 10.2 Å². The van der Waals surface area contributed by atoms with Gasteiger partial charge in [0.2, 0.25) is 0 Å². The Kier molecular flexibility index (Phi) is 5.65. The molecule has 6 nitrogen and oxygen atoms in total. The molecule has 1 aromatic heterocycles. The second-order valence-electron chi connectivity index (χ2n) is 5.61. The molecule has 0 spiro atoms. The minimum absolute atomic E-state index is 0.558. The molecule has 2 aliphatic heterocycles. The number of hydrogen-bond donors (Lipinski definition) is 2. The van der Waals surface area contributed by atoms with Crippen LogP contribution in [0.1, 0.15) is 24.8 Å². The first-order valence-corrected chi connectivity index (χ1v) is 7.44. The van der Waals surface area contributed by atoms with Crippen LogP contribution in [-0.2, 0) is 9.59 Å². The first-order chi connectivity index (χ1) is 11.0. The van der Waals surface area contributed by atoms with Crippen LogP contribution in [0.3, 0.4) is 0 Å². The molecule has 1 saturated heterocycles. The number of likely N-dealkylation sites (N-methyl/N-ethyl adjacent to an activating group) is 1. The maximum absolute atomic E-state index is 9.55. The van der Waals surface area contributed by atoms with Crippen LogP contribution in [-0.4, -0.2) is 51.2 Å². The molecule has 1 aromatic rings. The van der Waals surface area contributed by atoms with Crippen molar-refractivity contribution in [2.75, 3.05) is 7.05 Å². The summed E-state index contributed by atoms with van der Waals surface area (Å²) in [5, 5.41) is 15.6. The summed E-state index contributed by atoms with van der Waals surface area (Å²) < 4.78 is 0. The zero-order valence-electron chi connectivity index (χ0n) is 12.9. The average molecular weight is 316 g/mol. The molecular weight excluding hydrogens is 296 g/mol. The lowest BCUT2D eigenvalue weighted by atomic mass is 9.96. The third-order valence-corrected chi connectivity index (χ3v) is 4.14. The molecule has 6 heteroatoms. The molecule has 23 heavy (non-hydrogen) atoms. The zero-order chi connectivity index (χ0) is 16.8. The van der Waals surface area contributed by atoms with Crippen LogP contribution in [0.4, 0.5) is 0 Å². The molecule has 2 N–H and O–H groups in total. The minimum atomic E-state index is -1.26. The van der Waals surface area contributed by atoms with Crippen LogP contribution in [0.2, 0.25) is 0 Å². The van der Waals surface area contributed by atoms with Crippen LogP contribution in [0.15, 0.2) is 42.8 Å². The van der Waals surface area contributed by atoms with Crippen molar-refractivity contribution in [2.45, 2.75) is 31.3 Å². The van der Waals surface area contributed by atoms with E-state index < -0.39 is 11.9 Å². The predicted octanol–water partition coefficient (Wildman–Crippen LogP) is 2.04. The normalized spacial score (nSPS) is 23.1. The molecule has 3 heterocycles. The smallest absolute Gasteiger partial charge is 0.328 e. The number of aliphatic carboxylic acids is 2. The molecule has 2 atom stereocenters. The van der Waals surface area contributed by atoms with Crippen LogP contribution < -0.4 is 0 Å². The maximum Gasteiger partial charge on any atom is 0.328 e. The highest BCUT2D eigenvalue weighted by molar-refractivity contribution is 5.89. The Morgan fingerprint density at radius 1 is 1.26 bits per heavy atom. The topological polar surface area (TPSA) is 90.7 Å². The van der Waals surface area contributed by atoms with Crippen molar-refractivity contribution in [2.24, 2.45) is 0 Å². The van der Waals surface area contributed by atoms with E-state index in [0.29, 0.717) is 18.2 Å². The minimum Gasteiger partial charge on any atom is -0.478 e. The SMILES string of the molecule is CN1C2C=C(c3cccnc3)CC1CC2.O=C(O)/C=C/C(=O)O. The van der Waals surface area contributed by atoms with E-state index >= 15 is 0 Å². The molecule has 3 rings (SSSR count). The highest BCUT2D eigenvalue weighted by Gasteiger charge is 2.33. The Labute approximate surface area is 134 Å². The van der Waals surface area contributed by atoms with Crippen LogP contribution >= 0.6 is 0 Å². The molecule has 0 radical (unpaired) electrons. The number of carbonyl (C=O) groups is 2. The maximum atomic E-state index is 9.55. The van der Waals surface area contributed by atoms with E-state index in [1.807, 2.05) is 18.5 Å². The number of carboxylic acid groups (broad SMARTS) is 2. The predicted molar refractivity (Wildman–Crippen MR) is 85.8 cm³/mol. The largest absolute Gasteiger partial charge is 0.478 e. The van der Waals surface area contributed by atoms with Crippen molar-refractivity contribution in [1.29, 1.82) is 0 Å².